The fraction of sp³-hybridized carbons (Fsp3) is 0.737. The van der Waals surface area contributed by atoms with E-state index in [0.717, 1.165) is 37.7 Å². The summed E-state index contributed by atoms with van der Waals surface area (Å²) < 4.78 is 0. The van der Waals surface area contributed by atoms with Crippen LogP contribution in [-0.2, 0) is 16.0 Å². The van der Waals surface area contributed by atoms with Crippen LogP contribution in [0.5, 0.6) is 0 Å². The van der Waals surface area contributed by atoms with E-state index in [9.17, 15) is 30.0 Å². The topological polar surface area (TPSA) is 127 Å². The number of aliphatic carboxylic acids is 1. The van der Waals surface area contributed by atoms with Crippen LogP contribution in [0.3, 0.4) is 0 Å². The zero-order valence-electron chi connectivity index (χ0n) is 28.1. The van der Waals surface area contributed by atoms with Crippen molar-refractivity contribution in [1.29, 1.82) is 0 Å². The Morgan fingerprint density at radius 3 is 2.24 bits per heavy atom. The molecule has 12 atom stereocenters. The Morgan fingerprint density at radius 2 is 1.58 bits per heavy atom. The number of fused-ring (bicyclic) bond motifs is 7. The van der Waals surface area contributed by atoms with Crippen LogP contribution in [0, 0.1) is 45.3 Å². The molecule has 5 aliphatic rings. The van der Waals surface area contributed by atoms with Crippen LogP contribution in [0.15, 0.2) is 42.0 Å². The molecule has 5 aliphatic carbocycles. The Morgan fingerprint density at radius 1 is 0.889 bits per heavy atom. The molecule has 4 saturated carbocycles. The average molecular weight is 622 g/mol. The first-order chi connectivity index (χ1) is 20.9. The maximum atomic E-state index is 14.6. The van der Waals surface area contributed by atoms with Crippen molar-refractivity contribution in [1.82, 2.24) is 5.32 Å². The van der Waals surface area contributed by atoms with Crippen molar-refractivity contribution in [2.75, 3.05) is 0 Å². The van der Waals surface area contributed by atoms with Crippen molar-refractivity contribution >= 4 is 11.9 Å². The van der Waals surface area contributed by atoms with E-state index in [1.165, 1.54) is 5.57 Å². The lowest BCUT2D eigenvalue weighted by molar-refractivity contribution is -0.237. The van der Waals surface area contributed by atoms with Crippen molar-refractivity contribution in [3.05, 3.63) is 47.5 Å². The van der Waals surface area contributed by atoms with E-state index in [4.69, 9.17) is 0 Å². The smallest absolute Gasteiger partial charge is 0.326 e. The van der Waals surface area contributed by atoms with Crippen molar-refractivity contribution < 1.29 is 30.0 Å². The average Bonchev–Trinajstić information content (AvgIpc) is 2.97. The van der Waals surface area contributed by atoms with Gasteiger partial charge in [-0.2, -0.15) is 0 Å². The number of carboxylic acids is 1. The van der Waals surface area contributed by atoms with Gasteiger partial charge in [0.05, 0.1) is 22.7 Å². The van der Waals surface area contributed by atoms with Crippen LogP contribution in [-0.4, -0.2) is 55.7 Å². The minimum Gasteiger partial charge on any atom is -0.480 e. The number of amides is 1. The summed E-state index contributed by atoms with van der Waals surface area (Å²) in [4.78, 5) is 27.0. The van der Waals surface area contributed by atoms with E-state index in [1.807, 2.05) is 44.2 Å². The van der Waals surface area contributed by atoms with Gasteiger partial charge >= 0.3 is 5.97 Å². The summed E-state index contributed by atoms with van der Waals surface area (Å²) >= 11 is 0. The van der Waals surface area contributed by atoms with E-state index in [2.05, 4.69) is 39.1 Å². The van der Waals surface area contributed by atoms with Crippen molar-refractivity contribution in [2.45, 2.75) is 129 Å². The van der Waals surface area contributed by atoms with Gasteiger partial charge in [0.15, 0.2) is 0 Å². The van der Waals surface area contributed by atoms with Crippen molar-refractivity contribution in [2.24, 2.45) is 45.3 Å². The number of nitrogens with one attached hydrogen (secondary N) is 1. The number of rotatable bonds is 5. The molecule has 1 aromatic rings. The van der Waals surface area contributed by atoms with Crippen LogP contribution in [0.1, 0.15) is 105 Å². The molecule has 7 heteroatoms. The minimum absolute atomic E-state index is 0.00853. The van der Waals surface area contributed by atoms with Crippen LogP contribution in [0.4, 0.5) is 0 Å². The lowest BCUT2D eigenvalue weighted by Gasteiger charge is -2.71. The second-order valence-electron chi connectivity index (χ2n) is 16.9. The molecule has 45 heavy (non-hydrogen) atoms. The Kier molecular flexibility index (Phi) is 7.74. The molecule has 0 aromatic heterocycles. The fourth-order valence-corrected chi connectivity index (χ4v) is 11.9. The first kappa shape index (κ1) is 32.7. The molecule has 0 saturated heterocycles. The highest BCUT2D eigenvalue weighted by molar-refractivity contribution is 5.89. The second kappa shape index (κ2) is 10.6. The van der Waals surface area contributed by atoms with Crippen LogP contribution in [0.25, 0.3) is 0 Å². The van der Waals surface area contributed by atoms with Crippen LogP contribution >= 0.6 is 0 Å². The van der Waals surface area contributed by atoms with Gasteiger partial charge in [0, 0.05) is 12.3 Å². The Labute approximate surface area is 268 Å². The first-order valence-electron chi connectivity index (χ1n) is 17.4. The lowest BCUT2D eigenvalue weighted by atomic mass is 9.33. The van der Waals surface area contributed by atoms with Gasteiger partial charge in [0.25, 0.3) is 0 Å². The number of carboxylic acid groups (broad SMARTS) is 1. The Balaban J connectivity index is 1.39. The standard InChI is InChI=1S/C38H55NO6/c1-23-14-19-38(32(43)39-26(31(41)42)22-24-10-8-7-9-11-24)21-20-34(3)25(30(38)36(23,5)44)12-13-27-33(2)17-16-29(40)37(6,45)28(33)15-18-35(27,34)4/h7-12,23,26-30,40,44-45H,13-22H2,1-6H3,(H,39,43)(H,41,42)/t23-,26?,27?,28?,29+,30?,33-,34-,35-,36-,37+,38+/m1/s1. The molecule has 5 N–H and O–H groups in total. The summed E-state index contributed by atoms with van der Waals surface area (Å²) in [6, 6.07) is 8.35. The molecule has 4 unspecified atom stereocenters. The summed E-state index contributed by atoms with van der Waals surface area (Å²) in [7, 11) is 0. The number of hydrogen-bond donors (Lipinski definition) is 5. The van der Waals surface area contributed by atoms with Crippen molar-refractivity contribution in [3.8, 4) is 0 Å². The van der Waals surface area contributed by atoms with Gasteiger partial charge in [0.2, 0.25) is 5.91 Å². The molecule has 1 aromatic carbocycles. The molecule has 0 heterocycles. The highest BCUT2D eigenvalue weighted by Crippen LogP contribution is 2.75. The van der Waals surface area contributed by atoms with Gasteiger partial charge in [-0.05, 0) is 111 Å². The van der Waals surface area contributed by atoms with E-state index in [0.29, 0.717) is 31.6 Å². The SMILES string of the molecule is C[C@@H]1CC[C@]2(C(=O)NC(Cc3ccccc3)C(=O)O)CC[C@]3(C)C(=CCC4[C@@]5(C)CC[C@H](O)[C@@](C)(O)C5CC[C@]43C)C2[C@]1(C)O. The number of aliphatic hydroxyl groups excluding tert-OH is 1. The molecule has 0 radical (unpaired) electrons. The molecule has 0 spiro atoms. The number of benzene rings is 1. The number of hydrogen-bond acceptors (Lipinski definition) is 5. The monoisotopic (exact) mass is 621 g/mol. The minimum atomic E-state index is -1.13. The molecular formula is C38H55NO6. The molecule has 1 amide bonds. The summed E-state index contributed by atoms with van der Waals surface area (Å²) in [5.41, 5.74) is -1.64. The van der Waals surface area contributed by atoms with Gasteiger partial charge in [0.1, 0.15) is 6.04 Å². The number of carbonyl (C=O) groups excluding carboxylic acids is 1. The maximum Gasteiger partial charge on any atom is 0.326 e. The van der Waals surface area contributed by atoms with Gasteiger partial charge < -0.3 is 25.7 Å². The normalized spacial score (nSPS) is 48.0. The third kappa shape index (κ3) is 4.53. The van der Waals surface area contributed by atoms with Gasteiger partial charge in [-0.3, -0.25) is 4.79 Å². The van der Waals surface area contributed by atoms with E-state index in [1.54, 1.807) is 0 Å². The number of carbonyl (C=O) groups is 2. The third-order valence-electron chi connectivity index (χ3n) is 15.0. The van der Waals surface area contributed by atoms with Gasteiger partial charge in [-0.1, -0.05) is 69.7 Å². The molecule has 0 aliphatic heterocycles. The van der Waals surface area contributed by atoms with E-state index < -0.39 is 40.7 Å². The van der Waals surface area contributed by atoms with E-state index in [-0.39, 0.29) is 40.4 Å². The van der Waals surface area contributed by atoms with Gasteiger partial charge in [-0.15, -0.1) is 0 Å². The maximum absolute atomic E-state index is 14.6. The first-order valence-corrected chi connectivity index (χ1v) is 17.4. The summed E-state index contributed by atoms with van der Waals surface area (Å²) in [6.45, 7) is 12.9. The highest BCUT2D eigenvalue weighted by Gasteiger charge is 2.71. The number of allylic oxidation sites excluding steroid dienone is 1. The molecular weight excluding hydrogens is 566 g/mol. The predicted octanol–water partition coefficient (Wildman–Crippen LogP) is 5.66. The number of aliphatic hydroxyl groups is 3. The predicted molar refractivity (Wildman–Crippen MR) is 173 cm³/mol. The van der Waals surface area contributed by atoms with Crippen LogP contribution in [0.2, 0.25) is 0 Å². The third-order valence-corrected chi connectivity index (χ3v) is 15.0. The second-order valence-corrected chi connectivity index (χ2v) is 16.9. The van der Waals surface area contributed by atoms with Gasteiger partial charge in [-0.25, -0.2) is 4.79 Å². The molecule has 7 nitrogen and oxygen atoms in total. The van der Waals surface area contributed by atoms with Crippen molar-refractivity contribution in [3.63, 3.8) is 0 Å². The summed E-state index contributed by atoms with van der Waals surface area (Å²) in [5, 5.41) is 47.9. The lowest BCUT2D eigenvalue weighted by Crippen LogP contribution is -2.69. The molecule has 6 rings (SSSR count). The fourth-order valence-electron chi connectivity index (χ4n) is 11.9. The Bertz CT molecular complexity index is 1370. The Hall–Kier alpha value is -2.22. The largest absolute Gasteiger partial charge is 0.480 e. The molecule has 4 fully saturated rings. The zero-order valence-corrected chi connectivity index (χ0v) is 28.1. The molecule has 248 valence electrons. The summed E-state index contributed by atoms with van der Waals surface area (Å²) in [5.74, 6) is -1.42. The van der Waals surface area contributed by atoms with E-state index >= 15 is 0 Å². The highest BCUT2D eigenvalue weighted by atomic mass is 16.4. The zero-order chi connectivity index (χ0) is 32.8. The summed E-state index contributed by atoms with van der Waals surface area (Å²) in [6.07, 6.45) is 8.55. The quantitative estimate of drug-likeness (QED) is 0.270. The molecule has 0 bridgehead atoms. The van der Waals surface area contributed by atoms with Crippen LogP contribution < -0.4 is 5.32 Å².